The molecule has 80 valence electrons. The Balaban J connectivity index is 2.10. The molecule has 0 aromatic heterocycles. The summed E-state index contributed by atoms with van der Waals surface area (Å²) in [5.74, 6) is 0.698. The van der Waals surface area contributed by atoms with Crippen LogP contribution in [0.15, 0.2) is 0 Å². The fourth-order valence-corrected chi connectivity index (χ4v) is 5.12. The molecule has 0 aromatic carbocycles. The minimum Gasteiger partial charge on any atom is -0.226 e. The Morgan fingerprint density at radius 1 is 1.29 bits per heavy atom. The molecule has 0 aliphatic heterocycles. The molecule has 2 bridgehead atoms. The van der Waals surface area contributed by atoms with E-state index in [0.29, 0.717) is 12.3 Å². The van der Waals surface area contributed by atoms with Crippen molar-refractivity contribution in [3.05, 3.63) is 0 Å². The van der Waals surface area contributed by atoms with Gasteiger partial charge < -0.3 is 0 Å². The normalized spacial score (nSPS) is 63.6. The minimum absolute atomic E-state index is 0.140. The molecule has 2 heteroatoms. The third kappa shape index (κ3) is 0.662. The van der Waals surface area contributed by atoms with E-state index >= 15 is 0 Å². The van der Waals surface area contributed by atoms with Gasteiger partial charge in [-0.3, -0.25) is 0 Å². The largest absolute Gasteiger partial charge is 0.226 e. The van der Waals surface area contributed by atoms with E-state index in [1.54, 1.807) is 0 Å². The molecular formula is C12H18ClF. The summed E-state index contributed by atoms with van der Waals surface area (Å²) < 4.78 is 14.0. The van der Waals surface area contributed by atoms with E-state index in [0.717, 1.165) is 6.42 Å². The molecule has 1 spiro atoms. The number of halogens is 2. The standard InChI is InChI=1S/C12H18ClF/c1-9(2)8-4-5-10(9,3)11(6-8)7-12(11,13)14/h8H,4-7H2,1-3H3. The van der Waals surface area contributed by atoms with Gasteiger partial charge in [-0.15, -0.1) is 0 Å². The average molecular weight is 217 g/mol. The molecule has 0 N–H and O–H groups in total. The first-order valence-electron chi connectivity index (χ1n) is 5.65. The second-order valence-corrected chi connectivity index (χ2v) is 7.06. The molecule has 3 aliphatic rings. The van der Waals surface area contributed by atoms with Gasteiger partial charge in [0.25, 0.3) is 0 Å². The van der Waals surface area contributed by atoms with Crippen molar-refractivity contribution in [1.82, 2.24) is 0 Å². The van der Waals surface area contributed by atoms with Crippen LogP contribution >= 0.6 is 11.6 Å². The van der Waals surface area contributed by atoms with Crippen molar-refractivity contribution in [2.45, 2.75) is 51.6 Å². The van der Waals surface area contributed by atoms with Crippen LogP contribution in [0, 0.1) is 22.2 Å². The lowest BCUT2D eigenvalue weighted by Crippen LogP contribution is -2.36. The molecule has 3 saturated carbocycles. The van der Waals surface area contributed by atoms with Gasteiger partial charge in [0, 0.05) is 11.8 Å². The number of fused-ring (bicyclic) bond motifs is 3. The summed E-state index contributed by atoms with van der Waals surface area (Å²) in [4.78, 5) is 0. The van der Waals surface area contributed by atoms with E-state index in [1.807, 2.05) is 0 Å². The van der Waals surface area contributed by atoms with Gasteiger partial charge in [-0.05, 0) is 36.0 Å². The van der Waals surface area contributed by atoms with E-state index < -0.39 is 5.13 Å². The maximum Gasteiger partial charge on any atom is 0.190 e. The first kappa shape index (κ1) is 9.45. The second-order valence-electron chi connectivity index (χ2n) is 6.46. The zero-order valence-electron chi connectivity index (χ0n) is 9.16. The number of hydrogen-bond acceptors (Lipinski definition) is 0. The van der Waals surface area contributed by atoms with Gasteiger partial charge in [-0.2, -0.15) is 0 Å². The zero-order valence-corrected chi connectivity index (χ0v) is 9.92. The van der Waals surface area contributed by atoms with E-state index in [1.165, 1.54) is 12.8 Å². The summed E-state index contributed by atoms with van der Waals surface area (Å²) in [7, 11) is 0. The zero-order chi connectivity index (χ0) is 10.4. The Bertz CT molecular complexity index is 309. The average Bonchev–Trinajstić information content (AvgIpc) is 2.46. The summed E-state index contributed by atoms with van der Waals surface area (Å²) in [6, 6.07) is 0. The molecule has 0 aromatic rings. The van der Waals surface area contributed by atoms with Crippen molar-refractivity contribution in [3.8, 4) is 0 Å². The maximum atomic E-state index is 14.0. The van der Waals surface area contributed by atoms with Gasteiger partial charge in [-0.1, -0.05) is 32.4 Å². The van der Waals surface area contributed by atoms with E-state index in [4.69, 9.17) is 11.6 Å². The third-order valence-electron chi connectivity index (χ3n) is 6.19. The van der Waals surface area contributed by atoms with Crippen molar-refractivity contribution < 1.29 is 4.39 Å². The van der Waals surface area contributed by atoms with Crippen LogP contribution in [-0.2, 0) is 0 Å². The molecule has 3 aliphatic carbocycles. The molecule has 4 unspecified atom stereocenters. The van der Waals surface area contributed by atoms with Gasteiger partial charge >= 0.3 is 0 Å². The molecule has 3 rings (SSSR count). The Morgan fingerprint density at radius 3 is 2.07 bits per heavy atom. The smallest absolute Gasteiger partial charge is 0.190 e. The Morgan fingerprint density at radius 2 is 1.86 bits per heavy atom. The monoisotopic (exact) mass is 216 g/mol. The highest BCUT2D eigenvalue weighted by Crippen LogP contribution is 2.86. The van der Waals surface area contributed by atoms with Crippen LogP contribution in [0.25, 0.3) is 0 Å². The van der Waals surface area contributed by atoms with Gasteiger partial charge in [-0.25, -0.2) is 4.39 Å². The summed E-state index contributed by atoms with van der Waals surface area (Å²) in [6.07, 6.45) is 4.07. The van der Waals surface area contributed by atoms with Crippen molar-refractivity contribution in [2.75, 3.05) is 0 Å². The lowest BCUT2D eigenvalue weighted by atomic mass is 9.65. The van der Waals surface area contributed by atoms with Crippen LogP contribution < -0.4 is 0 Å². The Hall–Kier alpha value is 0.220. The molecule has 0 nitrogen and oxygen atoms in total. The van der Waals surface area contributed by atoms with E-state index in [-0.39, 0.29) is 16.2 Å². The summed E-state index contributed by atoms with van der Waals surface area (Å²) in [6.45, 7) is 6.89. The quantitative estimate of drug-likeness (QED) is 0.535. The third-order valence-corrected chi connectivity index (χ3v) is 6.68. The fraction of sp³-hybridized carbons (Fsp3) is 1.00. The van der Waals surface area contributed by atoms with E-state index in [2.05, 4.69) is 20.8 Å². The van der Waals surface area contributed by atoms with Gasteiger partial charge in [0.05, 0.1) is 0 Å². The number of alkyl halides is 2. The van der Waals surface area contributed by atoms with Gasteiger partial charge in [0.15, 0.2) is 5.13 Å². The highest BCUT2D eigenvalue weighted by Gasteiger charge is 2.84. The summed E-state index contributed by atoms with van der Waals surface area (Å²) in [5, 5.41) is -1.38. The molecule has 0 heterocycles. The predicted molar refractivity (Wildman–Crippen MR) is 56.0 cm³/mol. The SMILES string of the molecule is CC1(C)C2CCC1(C)C1(C2)CC1(F)Cl. The van der Waals surface area contributed by atoms with Crippen LogP contribution in [0.3, 0.4) is 0 Å². The van der Waals surface area contributed by atoms with Crippen LogP contribution in [0.4, 0.5) is 4.39 Å². The molecule has 0 radical (unpaired) electrons. The molecule has 3 fully saturated rings. The molecule has 4 atom stereocenters. The lowest BCUT2D eigenvalue weighted by Gasteiger charge is -2.40. The topological polar surface area (TPSA) is 0 Å². The van der Waals surface area contributed by atoms with Crippen LogP contribution in [0.2, 0.25) is 0 Å². The maximum absolute atomic E-state index is 14.0. The van der Waals surface area contributed by atoms with Gasteiger partial charge in [0.1, 0.15) is 0 Å². The highest BCUT2D eigenvalue weighted by atomic mass is 35.5. The number of rotatable bonds is 0. The van der Waals surface area contributed by atoms with E-state index in [9.17, 15) is 4.39 Å². The molecular weight excluding hydrogens is 199 g/mol. The predicted octanol–water partition coefficient (Wildman–Crippen LogP) is 4.13. The van der Waals surface area contributed by atoms with Crippen molar-refractivity contribution in [2.24, 2.45) is 22.2 Å². The minimum atomic E-state index is -1.38. The molecule has 14 heavy (non-hydrogen) atoms. The van der Waals surface area contributed by atoms with Crippen LogP contribution in [0.1, 0.15) is 46.5 Å². The highest BCUT2D eigenvalue weighted by molar-refractivity contribution is 6.25. The fourth-order valence-electron chi connectivity index (χ4n) is 4.61. The van der Waals surface area contributed by atoms with Crippen LogP contribution in [-0.4, -0.2) is 5.13 Å². The number of hydrogen-bond donors (Lipinski definition) is 0. The molecule has 0 amide bonds. The lowest BCUT2D eigenvalue weighted by molar-refractivity contribution is 0.0639. The second kappa shape index (κ2) is 2.03. The first-order chi connectivity index (χ1) is 6.27. The molecule has 0 saturated heterocycles. The van der Waals surface area contributed by atoms with Crippen molar-refractivity contribution >= 4 is 11.6 Å². The van der Waals surface area contributed by atoms with Crippen molar-refractivity contribution in [1.29, 1.82) is 0 Å². The van der Waals surface area contributed by atoms with Crippen molar-refractivity contribution in [3.63, 3.8) is 0 Å². The van der Waals surface area contributed by atoms with Crippen LogP contribution in [0.5, 0.6) is 0 Å². The summed E-state index contributed by atoms with van der Waals surface area (Å²) >= 11 is 5.95. The van der Waals surface area contributed by atoms with Gasteiger partial charge in [0.2, 0.25) is 0 Å². The first-order valence-corrected chi connectivity index (χ1v) is 6.03. The Labute approximate surface area is 90.2 Å². The Kier molecular flexibility index (Phi) is 1.37. The summed E-state index contributed by atoms with van der Waals surface area (Å²) in [5.41, 5.74) is 0.255.